The quantitative estimate of drug-likeness (QED) is 0.590. The number of ether oxygens (including phenoxy) is 1. The van der Waals surface area contributed by atoms with E-state index in [1.165, 1.54) is 11.0 Å². The number of imide groups is 1. The fourth-order valence-corrected chi connectivity index (χ4v) is 5.01. The summed E-state index contributed by atoms with van der Waals surface area (Å²) in [5.41, 5.74) is -4.59. The zero-order valence-electron chi connectivity index (χ0n) is 20.2. The molecule has 2 fully saturated rings. The third-order valence-electron chi connectivity index (χ3n) is 6.75. The molecule has 0 radical (unpaired) electrons. The highest BCUT2D eigenvalue weighted by atomic mass is 19.4. The number of nitrogens with one attached hydrogen (secondary N) is 1. The minimum absolute atomic E-state index is 0.0128. The molecule has 1 aromatic rings. The van der Waals surface area contributed by atoms with Crippen LogP contribution in [-0.4, -0.2) is 63.5 Å². The number of aliphatic hydroxyl groups is 1. The fourth-order valence-electron chi connectivity index (χ4n) is 5.01. The number of halogens is 3. The molecule has 4 amide bonds. The number of likely N-dealkylation sites (tertiary alicyclic amines) is 1. The minimum atomic E-state index is -4.89. The van der Waals surface area contributed by atoms with Gasteiger partial charge in [0.2, 0.25) is 11.8 Å². The second kappa shape index (κ2) is 8.75. The van der Waals surface area contributed by atoms with Gasteiger partial charge in [0.1, 0.15) is 11.6 Å². The number of nitrogens with zero attached hydrogens (tertiary/aromatic N) is 2. The van der Waals surface area contributed by atoms with E-state index in [-0.39, 0.29) is 55.5 Å². The molecule has 0 saturated carbocycles. The number of hydrogen-bond acceptors (Lipinski definition) is 6. The average molecular weight is 511 g/mol. The second-order valence-corrected chi connectivity index (χ2v) is 10.4. The summed E-state index contributed by atoms with van der Waals surface area (Å²) in [6.45, 7) is 4.60. The predicted octanol–water partition coefficient (Wildman–Crippen LogP) is 2.68. The molecule has 0 spiro atoms. The van der Waals surface area contributed by atoms with Crippen LogP contribution in [0, 0.1) is 0 Å². The first-order valence-corrected chi connectivity index (χ1v) is 11.7. The molecule has 9 nitrogen and oxygen atoms in total. The first-order valence-electron chi connectivity index (χ1n) is 11.7. The third kappa shape index (κ3) is 4.78. The Morgan fingerprint density at radius 2 is 1.78 bits per heavy atom. The highest BCUT2D eigenvalue weighted by Gasteiger charge is 2.49. The smallest absolute Gasteiger partial charge is 0.417 e. The van der Waals surface area contributed by atoms with Crippen LogP contribution in [0.3, 0.4) is 0 Å². The van der Waals surface area contributed by atoms with Crippen LogP contribution in [0.15, 0.2) is 12.1 Å². The molecule has 0 bridgehead atoms. The molecule has 1 aromatic carbocycles. The maximum Gasteiger partial charge on any atom is 0.417 e. The van der Waals surface area contributed by atoms with Crippen LogP contribution in [0.2, 0.25) is 0 Å². The van der Waals surface area contributed by atoms with Gasteiger partial charge in [0, 0.05) is 31.6 Å². The number of amides is 4. The van der Waals surface area contributed by atoms with Crippen molar-refractivity contribution in [2.24, 2.45) is 0 Å². The van der Waals surface area contributed by atoms with E-state index in [1.807, 2.05) is 0 Å². The molecule has 3 aliphatic rings. The summed E-state index contributed by atoms with van der Waals surface area (Å²) >= 11 is 0. The van der Waals surface area contributed by atoms with Crippen LogP contribution in [0.25, 0.3) is 0 Å². The number of rotatable bonds is 2. The van der Waals surface area contributed by atoms with Gasteiger partial charge in [0.25, 0.3) is 5.91 Å². The highest BCUT2D eigenvalue weighted by molar-refractivity contribution is 6.05. The first kappa shape index (κ1) is 25.9. The van der Waals surface area contributed by atoms with E-state index in [9.17, 15) is 37.5 Å². The van der Waals surface area contributed by atoms with Crippen LogP contribution in [0.4, 0.5) is 18.0 Å². The van der Waals surface area contributed by atoms with Gasteiger partial charge in [-0.2, -0.15) is 13.2 Å². The van der Waals surface area contributed by atoms with E-state index < -0.39 is 59.3 Å². The molecule has 196 valence electrons. The standard InChI is InChI=1S/C24H28F3N3O6/c1-22(2,3)36-21(34)29-10-8-23(35,9-11-29)15-5-4-13-14(18(15)24(25,26)27)12-30(20(13)33)16-6-7-17(31)28-19(16)32/h4-5,16,35H,6-12H2,1-3H3,(H,28,31,32). The van der Waals surface area contributed by atoms with Gasteiger partial charge in [0.05, 0.1) is 11.2 Å². The molecule has 4 rings (SSSR count). The van der Waals surface area contributed by atoms with Crippen molar-refractivity contribution in [3.63, 3.8) is 0 Å². The summed E-state index contributed by atoms with van der Waals surface area (Å²) in [6, 6.07) is 1.29. The van der Waals surface area contributed by atoms with Gasteiger partial charge in [-0.05, 0) is 57.2 Å². The minimum Gasteiger partial charge on any atom is -0.444 e. The number of piperidine rings is 2. The number of benzene rings is 1. The van der Waals surface area contributed by atoms with Crippen LogP contribution in [0.1, 0.15) is 73.5 Å². The zero-order chi connectivity index (χ0) is 26.6. The number of alkyl halides is 3. The fraction of sp³-hybridized carbons (Fsp3) is 0.583. The highest BCUT2D eigenvalue weighted by Crippen LogP contribution is 2.46. The zero-order valence-corrected chi connectivity index (χ0v) is 20.2. The van der Waals surface area contributed by atoms with Gasteiger partial charge in [-0.15, -0.1) is 0 Å². The molecule has 1 unspecified atom stereocenters. The van der Waals surface area contributed by atoms with Gasteiger partial charge in [-0.1, -0.05) is 6.07 Å². The predicted molar refractivity (Wildman–Crippen MR) is 118 cm³/mol. The Morgan fingerprint density at radius 1 is 1.14 bits per heavy atom. The molecule has 2 N–H and O–H groups in total. The van der Waals surface area contributed by atoms with Crippen molar-refractivity contribution in [2.45, 2.75) is 76.4 Å². The lowest BCUT2D eigenvalue weighted by Gasteiger charge is -2.40. The molecule has 2 saturated heterocycles. The summed E-state index contributed by atoms with van der Waals surface area (Å²) in [7, 11) is 0. The van der Waals surface area contributed by atoms with E-state index in [4.69, 9.17) is 4.74 Å². The van der Waals surface area contributed by atoms with Crippen LogP contribution >= 0.6 is 0 Å². The van der Waals surface area contributed by atoms with Gasteiger partial charge in [-0.25, -0.2) is 4.79 Å². The van der Waals surface area contributed by atoms with Crippen LogP contribution < -0.4 is 5.32 Å². The molecule has 3 aliphatic heterocycles. The summed E-state index contributed by atoms with van der Waals surface area (Å²) in [6.07, 6.45) is -5.82. The van der Waals surface area contributed by atoms with Crippen molar-refractivity contribution in [3.05, 3.63) is 34.4 Å². The lowest BCUT2D eigenvalue weighted by molar-refractivity contribution is -0.142. The van der Waals surface area contributed by atoms with E-state index in [0.29, 0.717) is 0 Å². The van der Waals surface area contributed by atoms with Crippen molar-refractivity contribution >= 4 is 23.8 Å². The number of carbonyl (C=O) groups excluding carboxylic acids is 4. The lowest BCUT2D eigenvalue weighted by Crippen LogP contribution is -2.52. The van der Waals surface area contributed by atoms with Gasteiger partial charge < -0.3 is 19.6 Å². The summed E-state index contributed by atoms with van der Waals surface area (Å²) in [5.74, 6) is -1.96. The topological polar surface area (TPSA) is 116 Å². The third-order valence-corrected chi connectivity index (χ3v) is 6.75. The normalized spacial score (nSPS) is 22.4. The molecule has 1 atom stereocenters. The van der Waals surface area contributed by atoms with Crippen LogP contribution in [-0.2, 0) is 32.6 Å². The average Bonchev–Trinajstić information content (AvgIpc) is 3.08. The number of fused-ring (bicyclic) bond motifs is 1. The van der Waals surface area contributed by atoms with Crippen molar-refractivity contribution in [1.29, 1.82) is 0 Å². The molecule has 0 aromatic heterocycles. The molecular formula is C24H28F3N3O6. The Morgan fingerprint density at radius 3 is 2.33 bits per heavy atom. The Labute approximate surface area is 205 Å². The largest absolute Gasteiger partial charge is 0.444 e. The monoisotopic (exact) mass is 511 g/mol. The summed E-state index contributed by atoms with van der Waals surface area (Å²) in [5, 5.41) is 13.4. The van der Waals surface area contributed by atoms with Crippen molar-refractivity contribution < 1.29 is 42.2 Å². The summed E-state index contributed by atoms with van der Waals surface area (Å²) in [4.78, 5) is 51.5. The Kier molecular flexibility index (Phi) is 6.30. The maximum absolute atomic E-state index is 14.4. The molecule has 12 heteroatoms. The van der Waals surface area contributed by atoms with Gasteiger partial charge in [0.15, 0.2) is 0 Å². The van der Waals surface area contributed by atoms with Crippen LogP contribution in [0.5, 0.6) is 0 Å². The maximum atomic E-state index is 14.4. The number of hydrogen-bond donors (Lipinski definition) is 2. The van der Waals surface area contributed by atoms with Gasteiger partial charge in [-0.3, -0.25) is 19.7 Å². The van der Waals surface area contributed by atoms with E-state index in [1.54, 1.807) is 20.8 Å². The van der Waals surface area contributed by atoms with Gasteiger partial charge >= 0.3 is 12.3 Å². The van der Waals surface area contributed by atoms with Crippen molar-refractivity contribution in [1.82, 2.24) is 15.1 Å². The van der Waals surface area contributed by atoms with E-state index in [0.717, 1.165) is 11.0 Å². The molecule has 36 heavy (non-hydrogen) atoms. The summed E-state index contributed by atoms with van der Waals surface area (Å²) < 4.78 is 48.5. The SMILES string of the molecule is CC(C)(C)OC(=O)N1CCC(O)(c2ccc3c(c2C(F)(F)F)CN(C2CCC(=O)NC2=O)C3=O)CC1. The first-order chi connectivity index (χ1) is 16.6. The lowest BCUT2D eigenvalue weighted by atomic mass is 9.80. The Balaban J connectivity index is 1.63. The van der Waals surface area contributed by atoms with E-state index in [2.05, 4.69) is 5.32 Å². The Hall–Kier alpha value is -3.15. The molecular weight excluding hydrogens is 483 g/mol. The number of carbonyl (C=O) groups is 4. The second-order valence-electron chi connectivity index (χ2n) is 10.4. The van der Waals surface area contributed by atoms with Crippen molar-refractivity contribution in [2.75, 3.05) is 13.1 Å². The molecule has 3 heterocycles. The Bertz CT molecular complexity index is 1120. The van der Waals surface area contributed by atoms with Crippen molar-refractivity contribution in [3.8, 4) is 0 Å². The van der Waals surface area contributed by atoms with E-state index >= 15 is 0 Å². The molecule has 0 aliphatic carbocycles.